The van der Waals surface area contributed by atoms with E-state index < -0.39 is 12.8 Å². The summed E-state index contributed by atoms with van der Waals surface area (Å²) in [4.78, 5) is 17.9. The molecule has 0 radical (unpaired) electrons. The van der Waals surface area contributed by atoms with E-state index in [2.05, 4.69) is 9.72 Å². The predicted molar refractivity (Wildman–Crippen MR) is 89.3 cm³/mol. The highest BCUT2D eigenvalue weighted by Gasteiger charge is 2.28. The summed E-state index contributed by atoms with van der Waals surface area (Å²) in [7, 11) is 3.18. The van der Waals surface area contributed by atoms with Crippen LogP contribution in [0.25, 0.3) is 0 Å². The average Bonchev–Trinajstić information content (AvgIpc) is 2.64. The number of pyridine rings is 1. The fourth-order valence-electron chi connectivity index (χ4n) is 2.35. The lowest BCUT2D eigenvalue weighted by molar-refractivity contribution is -0.154. The van der Waals surface area contributed by atoms with Crippen molar-refractivity contribution in [3.05, 3.63) is 53.7 Å². The molecule has 0 saturated carbocycles. The van der Waals surface area contributed by atoms with Crippen molar-refractivity contribution in [1.29, 1.82) is 0 Å². The summed E-state index contributed by atoms with van der Waals surface area (Å²) in [6.45, 7) is 0.419. The van der Waals surface area contributed by atoms with Crippen molar-refractivity contribution in [2.45, 2.75) is 19.1 Å². The maximum atomic E-state index is 12.6. The maximum Gasteiger partial charge on any atom is 0.422 e. The molecule has 0 aliphatic rings. The lowest BCUT2D eigenvalue weighted by atomic mass is 10.1. The van der Waals surface area contributed by atoms with Gasteiger partial charge in [0.2, 0.25) is 5.88 Å². The van der Waals surface area contributed by atoms with E-state index in [1.54, 1.807) is 20.2 Å². The number of hydrogen-bond acceptors (Lipinski definition) is 4. The van der Waals surface area contributed by atoms with E-state index in [1.165, 1.54) is 23.2 Å². The minimum absolute atomic E-state index is 0.195. The second-order valence-corrected chi connectivity index (χ2v) is 5.62. The van der Waals surface area contributed by atoms with E-state index in [4.69, 9.17) is 4.74 Å². The van der Waals surface area contributed by atoms with Gasteiger partial charge in [-0.3, -0.25) is 4.79 Å². The Morgan fingerprint density at radius 3 is 2.50 bits per heavy atom. The molecule has 1 aromatic heterocycles. The zero-order valence-electron chi connectivity index (χ0n) is 14.6. The first-order valence-corrected chi connectivity index (χ1v) is 7.78. The highest BCUT2D eigenvalue weighted by Crippen LogP contribution is 2.29. The molecule has 0 saturated heterocycles. The summed E-state index contributed by atoms with van der Waals surface area (Å²) in [5.74, 6) is 0.145. The van der Waals surface area contributed by atoms with E-state index in [0.717, 1.165) is 5.56 Å². The van der Waals surface area contributed by atoms with Crippen LogP contribution in [0.5, 0.6) is 11.6 Å². The molecule has 2 aromatic rings. The van der Waals surface area contributed by atoms with E-state index in [0.29, 0.717) is 5.75 Å². The van der Waals surface area contributed by atoms with Crippen LogP contribution in [0.1, 0.15) is 28.9 Å². The molecule has 0 spiro atoms. The normalized spacial score (nSPS) is 12.4. The third kappa shape index (κ3) is 4.87. The van der Waals surface area contributed by atoms with E-state index in [1.807, 2.05) is 25.1 Å². The number of para-hydroxylation sites is 1. The molecule has 140 valence electrons. The van der Waals surface area contributed by atoms with E-state index >= 15 is 0 Å². The molecule has 26 heavy (non-hydrogen) atoms. The van der Waals surface area contributed by atoms with Gasteiger partial charge in [-0.2, -0.15) is 13.2 Å². The number of benzene rings is 1. The number of carbonyl (C=O) groups is 1. The zero-order valence-corrected chi connectivity index (χ0v) is 14.6. The molecule has 0 bridgehead atoms. The smallest absolute Gasteiger partial charge is 0.422 e. The summed E-state index contributed by atoms with van der Waals surface area (Å²) in [5.41, 5.74) is 1.08. The van der Waals surface area contributed by atoms with Crippen LogP contribution in [-0.4, -0.2) is 42.7 Å². The Kier molecular flexibility index (Phi) is 6.07. The Hall–Kier alpha value is -2.77. The molecular weight excluding hydrogens is 349 g/mol. The molecule has 1 heterocycles. The summed E-state index contributed by atoms with van der Waals surface area (Å²) >= 11 is 0. The summed E-state index contributed by atoms with van der Waals surface area (Å²) in [5, 5.41) is 0. The highest BCUT2D eigenvalue weighted by atomic mass is 19.4. The second-order valence-electron chi connectivity index (χ2n) is 5.62. The van der Waals surface area contributed by atoms with Gasteiger partial charge in [0.05, 0.1) is 18.7 Å². The lowest BCUT2D eigenvalue weighted by Gasteiger charge is -2.26. The monoisotopic (exact) mass is 368 g/mol. The first-order chi connectivity index (χ1) is 12.2. The Labute approximate surface area is 149 Å². The molecule has 1 amide bonds. The average molecular weight is 368 g/mol. The number of carbonyl (C=O) groups excluding carboxylic acids is 1. The van der Waals surface area contributed by atoms with Crippen LogP contribution in [0.4, 0.5) is 13.2 Å². The topological polar surface area (TPSA) is 51.7 Å². The van der Waals surface area contributed by atoms with Crippen molar-refractivity contribution in [2.75, 3.05) is 20.8 Å². The standard InChI is InChI=1S/C18H19F3N2O3/c1-12(14-6-4-5-7-15(14)25-3)23(2)17(24)13-8-9-16(22-10-13)26-11-18(19,20)21/h4-10,12H,11H2,1-3H3. The molecule has 0 aliphatic carbocycles. The molecule has 2 rings (SSSR count). The lowest BCUT2D eigenvalue weighted by Crippen LogP contribution is -2.30. The van der Waals surface area contributed by atoms with Crippen molar-refractivity contribution in [2.24, 2.45) is 0 Å². The minimum Gasteiger partial charge on any atom is -0.496 e. The molecule has 0 N–H and O–H groups in total. The molecule has 1 unspecified atom stereocenters. The summed E-state index contributed by atoms with van der Waals surface area (Å²) in [6.07, 6.45) is -3.25. The molecule has 0 fully saturated rings. The van der Waals surface area contributed by atoms with Gasteiger partial charge in [-0.25, -0.2) is 4.98 Å². The van der Waals surface area contributed by atoms with Gasteiger partial charge >= 0.3 is 6.18 Å². The maximum absolute atomic E-state index is 12.6. The largest absolute Gasteiger partial charge is 0.496 e. The Morgan fingerprint density at radius 2 is 1.92 bits per heavy atom. The highest BCUT2D eigenvalue weighted by molar-refractivity contribution is 5.94. The third-order valence-electron chi connectivity index (χ3n) is 3.86. The van der Waals surface area contributed by atoms with Crippen LogP contribution < -0.4 is 9.47 Å². The molecule has 8 heteroatoms. The van der Waals surface area contributed by atoms with Gasteiger partial charge in [-0.15, -0.1) is 0 Å². The number of nitrogens with zero attached hydrogens (tertiary/aromatic N) is 2. The number of halogens is 3. The van der Waals surface area contributed by atoms with Crippen molar-refractivity contribution in [1.82, 2.24) is 9.88 Å². The van der Waals surface area contributed by atoms with Crippen molar-refractivity contribution < 1.29 is 27.4 Å². The fraction of sp³-hybridized carbons (Fsp3) is 0.333. The first kappa shape index (κ1) is 19.6. The number of methoxy groups -OCH3 is 1. The van der Waals surface area contributed by atoms with Crippen molar-refractivity contribution >= 4 is 5.91 Å². The molecule has 1 atom stereocenters. The van der Waals surface area contributed by atoms with Crippen molar-refractivity contribution in [3.8, 4) is 11.6 Å². The zero-order chi connectivity index (χ0) is 19.3. The number of ether oxygens (including phenoxy) is 2. The quantitative estimate of drug-likeness (QED) is 0.777. The van der Waals surface area contributed by atoms with Gasteiger partial charge in [0.15, 0.2) is 6.61 Å². The molecule has 1 aromatic carbocycles. The van der Waals surface area contributed by atoms with Gasteiger partial charge in [0, 0.05) is 24.9 Å². The van der Waals surface area contributed by atoms with Gasteiger partial charge in [-0.05, 0) is 19.1 Å². The third-order valence-corrected chi connectivity index (χ3v) is 3.86. The van der Waals surface area contributed by atoms with Crippen LogP contribution in [0.15, 0.2) is 42.6 Å². The number of rotatable bonds is 6. The first-order valence-electron chi connectivity index (χ1n) is 7.78. The molecular formula is C18H19F3N2O3. The number of hydrogen-bond donors (Lipinski definition) is 0. The SMILES string of the molecule is COc1ccccc1C(C)N(C)C(=O)c1ccc(OCC(F)(F)F)nc1. The molecule has 0 aliphatic heterocycles. The molecule has 5 nitrogen and oxygen atoms in total. The minimum atomic E-state index is -4.44. The Morgan fingerprint density at radius 1 is 1.23 bits per heavy atom. The van der Waals surface area contributed by atoms with Crippen molar-refractivity contribution in [3.63, 3.8) is 0 Å². The summed E-state index contributed by atoms with van der Waals surface area (Å²) < 4.78 is 46.3. The van der Waals surface area contributed by atoms with Gasteiger partial charge in [0.25, 0.3) is 5.91 Å². The number of aromatic nitrogens is 1. The van der Waals surface area contributed by atoms with Crippen LogP contribution in [-0.2, 0) is 0 Å². The Bertz CT molecular complexity index is 748. The van der Waals surface area contributed by atoms with Gasteiger partial charge < -0.3 is 14.4 Å². The predicted octanol–water partition coefficient (Wildman–Crippen LogP) is 3.86. The van der Waals surface area contributed by atoms with Crippen LogP contribution in [0.2, 0.25) is 0 Å². The van der Waals surface area contributed by atoms with Gasteiger partial charge in [-0.1, -0.05) is 18.2 Å². The summed E-state index contributed by atoms with van der Waals surface area (Å²) in [6, 6.07) is 9.69. The number of alkyl halides is 3. The van der Waals surface area contributed by atoms with Crippen LogP contribution >= 0.6 is 0 Å². The Balaban J connectivity index is 2.10. The van der Waals surface area contributed by atoms with E-state index in [-0.39, 0.29) is 23.4 Å². The van der Waals surface area contributed by atoms with Crippen LogP contribution in [0, 0.1) is 0 Å². The fourth-order valence-corrected chi connectivity index (χ4v) is 2.35. The van der Waals surface area contributed by atoms with Gasteiger partial charge in [0.1, 0.15) is 5.75 Å². The number of amides is 1. The second kappa shape index (κ2) is 8.07. The van der Waals surface area contributed by atoms with Crippen LogP contribution in [0.3, 0.4) is 0 Å². The van der Waals surface area contributed by atoms with E-state index in [9.17, 15) is 18.0 Å².